The molecule has 1 aromatic heterocycles. The molecule has 2 aromatic rings. The molecule has 4 heteroatoms. The molecule has 1 heterocycles. The van der Waals surface area contributed by atoms with Gasteiger partial charge in [-0.1, -0.05) is 13.0 Å². The lowest BCUT2D eigenvalue weighted by Gasteiger charge is -2.11. The van der Waals surface area contributed by atoms with Gasteiger partial charge < -0.3 is 10.5 Å². The van der Waals surface area contributed by atoms with Crippen molar-refractivity contribution < 1.29 is 4.74 Å². The highest BCUT2D eigenvalue weighted by atomic mass is 79.9. The van der Waals surface area contributed by atoms with E-state index in [2.05, 4.69) is 33.9 Å². The number of benzene rings is 1. The average molecular weight is 321 g/mol. The maximum Gasteiger partial charge on any atom is 0.145 e. The highest BCUT2D eigenvalue weighted by Crippen LogP contribution is 2.30. The van der Waals surface area contributed by atoms with E-state index in [0.717, 1.165) is 28.8 Å². The number of pyridine rings is 1. The van der Waals surface area contributed by atoms with E-state index in [9.17, 15) is 0 Å². The van der Waals surface area contributed by atoms with Gasteiger partial charge in [0.25, 0.3) is 0 Å². The van der Waals surface area contributed by atoms with Crippen LogP contribution in [0.5, 0.6) is 11.5 Å². The van der Waals surface area contributed by atoms with Gasteiger partial charge in [-0.25, -0.2) is 0 Å². The molecule has 0 saturated carbocycles. The lowest BCUT2D eigenvalue weighted by molar-refractivity contribution is 0.477. The second-order valence-electron chi connectivity index (χ2n) is 4.43. The highest BCUT2D eigenvalue weighted by molar-refractivity contribution is 9.10. The Bertz CT molecular complexity index is 531. The van der Waals surface area contributed by atoms with Gasteiger partial charge in [0.1, 0.15) is 11.5 Å². The van der Waals surface area contributed by atoms with Crippen LogP contribution >= 0.6 is 15.9 Å². The first-order valence-corrected chi connectivity index (χ1v) is 7.10. The minimum Gasteiger partial charge on any atom is -0.455 e. The van der Waals surface area contributed by atoms with Gasteiger partial charge >= 0.3 is 0 Å². The van der Waals surface area contributed by atoms with Crippen LogP contribution < -0.4 is 10.5 Å². The zero-order valence-corrected chi connectivity index (χ0v) is 12.4. The maximum absolute atomic E-state index is 5.96. The smallest absolute Gasteiger partial charge is 0.145 e. The van der Waals surface area contributed by atoms with E-state index in [1.165, 1.54) is 5.56 Å². The predicted molar refractivity (Wildman–Crippen MR) is 80.4 cm³/mol. The molecular weight excluding hydrogens is 304 g/mol. The minimum absolute atomic E-state index is 0.206. The molecular formula is C15H17BrN2O. The molecule has 0 aliphatic heterocycles. The first-order chi connectivity index (χ1) is 9.19. The summed E-state index contributed by atoms with van der Waals surface area (Å²) in [4.78, 5) is 4.02. The third kappa shape index (κ3) is 4.04. The fourth-order valence-corrected chi connectivity index (χ4v) is 2.24. The Hall–Kier alpha value is -1.39. The summed E-state index contributed by atoms with van der Waals surface area (Å²) in [6.45, 7) is 2.10. The molecule has 0 amide bonds. The molecule has 0 aliphatic carbocycles. The number of ether oxygens (including phenoxy) is 1. The maximum atomic E-state index is 5.96. The van der Waals surface area contributed by atoms with Gasteiger partial charge in [0.2, 0.25) is 0 Å². The average Bonchev–Trinajstić information content (AvgIpc) is 2.43. The fourth-order valence-electron chi connectivity index (χ4n) is 1.74. The van der Waals surface area contributed by atoms with Gasteiger partial charge in [0.05, 0.1) is 10.7 Å². The van der Waals surface area contributed by atoms with Crippen LogP contribution in [-0.4, -0.2) is 11.0 Å². The number of nitrogens with two attached hydrogens (primary N) is 1. The number of hydrogen-bond donors (Lipinski definition) is 1. The molecule has 1 unspecified atom stereocenters. The number of rotatable bonds is 5. The molecule has 0 bridgehead atoms. The summed E-state index contributed by atoms with van der Waals surface area (Å²) < 4.78 is 6.68. The normalized spacial score (nSPS) is 12.2. The van der Waals surface area contributed by atoms with Gasteiger partial charge in [-0.2, -0.15) is 0 Å². The molecule has 2 N–H and O–H groups in total. The van der Waals surface area contributed by atoms with Crippen LogP contribution in [0.4, 0.5) is 0 Å². The Morgan fingerprint density at radius 3 is 2.84 bits per heavy atom. The summed E-state index contributed by atoms with van der Waals surface area (Å²) in [6, 6.07) is 9.98. The van der Waals surface area contributed by atoms with Crippen molar-refractivity contribution in [2.45, 2.75) is 25.8 Å². The van der Waals surface area contributed by atoms with Crippen LogP contribution in [0.3, 0.4) is 0 Å². The number of aromatic nitrogens is 1. The van der Waals surface area contributed by atoms with E-state index in [0.29, 0.717) is 0 Å². The Morgan fingerprint density at radius 1 is 1.37 bits per heavy atom. The van der Waals surface area contributed by atoms with Crippen LogP contribution in [-0.2, 0) is 6.42 Å². The van der Waals surface area contributed by atoms with Gasteiger partial charge in [-0.15, -0.1) is 0 Å². The van der Waals surface area contributed by atoms with E-state index in [1.54, 1.807) is 12.4 Å². The first-order valence-electron chi connectivity index (χ1n) is 6.31. The SMILES string of the molecule is CCC(N)Cc1ccc(Oc2cccnc2)c(Br)c1. The number of hydrogen-bond acceptors (Lipinski definition) is 3. The van der Waals surface area contributed by atoms with E-state index < -0.39 is 0 Å². The molecule has 0 saturated heterocycles. The van der Waals surface area contributed by atoms with Crippen LogP contribution in [0.2, 0.25) is 0 Å². The Labute approximate surface area is 121 Å². The van der Waals surface area contributed by atoms with E-state index >= 15 is 0 Å². The third-order valence-corrected chi connectivity index (χ3v) is 3.50. The fraction of sp³-hybridized carbons (Fsp3) is 0.267. The van der Waals surface area contributed by atoms with Crippen LogP contribution in [0.15, 0.2) is 47.2 Å². The van der Waals surface area contributed by atoms with Crippen LogP contribution in [0.25, 0.3) is 0 Å². The quantitative estimate of drug-likeness (QED) is 0.908. The van der Waals surface area contributed by atoms with Gasteiger partial charge in [-0.05, 0) is 58.6 Å². The second kappa shape index (κ2) is 6.68. The molecule has 0 spiro atoms. The summed E-state index contributed by atoms with van der Waals surface area (Å²) in [5.41, 5.74) is 7.17. The highest BCUT2D eigenvalue weighted by Gasteiger charge is 2.06. The zero-order chi connectivity index (χ0) is 13.7. The van der Waals surface area contributed by atoms with E-state index in [4.69, 9.17) is 10.5 Å². The first kappa shape index (κ1) is 14.0. The summed E-state index contributed by atoms with van der Waals surface area (Å²) >= 11 is 3.53. The standard InChI is InChI=1S/C15H17BrN2O/c1-2-12(17)8-11-5-6-15(14(16)9-11)19-13-4-3-7-18-10-13/h3-7,9-10,12H,2,8,17H2,1H3. The molecule has 100 valence electrons. The van der Waals surface area contributed by atoms with Gasteiger partial charge in [-0.3, -0.25) is 4.98 Å². The second-order valence-corrected chi connectivity index (χ2v) is 5.28. The van der Waals surface area contributed by atoms with Gasteiger partial charge in [0.15, 0.2) is 0 Å². The van der Waals surface area contributed by atoms with E-state index in [1.807, 2.05) is 24.3 Å². The summed E-state index contributed by atoms with van der Waals surface area (Å²) in [7, 11) is 0. The molecule has 0 aliphatic rings. The zero-order valence-electron chi connectivity index (χ0n) is 10.8. The summed E-state index contributed by atoms with van der Waals surface area (Å²) in [5, 5.41) is 0. The van der Waals surface area contributed by atoms with Crippen molar-refractivity contribution in [1.29, 1.82) is 0 Å². The van der Waals surface area contributed by atoms with Crippen molar-refractivity contribution in [1.82, 2.24) is 4.98 Å². The third-order valence-electron chi connectivity index (χ3n) is 2.88. The van der Waals surface area contributed by atoms with Crippen LogP contribution in [0.1, 0.15) is 18.9 Å². The molecule has 1 aromatic carbocycles. The van der Waals surface area contributed by atoms with Crippen molar-refractivity contribution in [3.8, 4) is 11.5 Å². The molecule has 0 radical (unpaired) electrons. The lowest BCUT2D eigenvalue weighted by Crippen LogP contribution is -2.21. The van der Waals surface area contributed by atoms with Crippen molar-refractivity contribution in [2.75, 3.05) is 0 Å². The topological polar surface area (TPSA) is 48.1 Å². The van der Waals surface area contributed by atoms with E-state index in [-0.39, 0.29) is 6.04 Å². The van der Waals surface area contributed by atoms with Gasteiger partial charge in [0, 0.05) is 12.2 Å². The molecule has 2 rings (SSSR count). The Morgan fingerprint density at radius 2 is 2.21 bits per heavy atom. The Kier molecular flexibility index (Phi) is 4.93. The number of nitrogens with zero attached hydrogens (tertiary/aromatic N) is 1. The number of halogens is 1. The van der Waals surface area contributed by atoms with Crippen molar-refractivity contribution in [3.63, 3.8) is 0 Å². The molecule has 3 nitrogen and oxygen atoms in total. The minimum atomic E-state index is 0.206. The lowest BCUT2D eigenvalue weighted by atomic mass is 10.0. The van der Waals surface area contributed by atoms with Crippen LogP contribution in [0, 0.1) is 0 Å². The predicted octanol–water partition coefficient (Wildman–Crippen LogP) is 3.92. The summed E-state index contributed by atoms with van der Waals surface area (Å²) in [6.07, 6.45) is 5.26. The van der Waals surface area contributed by atoms with Crippen molar-refractivity contribution >= 4 is 15.9 Å². The largest absolute Gasteiger partial charge is 0.455 e. The van der Waals surface area contributed by atoms with Crippen molar-refractivity contribution in [2.24, 2.45) is 5.73 Å². The summed E-state index contributed by atoms with van der Waals surface area (Å²) in [5.74, 6) is 1.50. The molecule has 1 atom stereocenters. The molecule has 0 fully saturated rings. The Balaban J connectivity index is 2.11. The van der Waals surface area contributed by atoms with Crippen molar-refractivity contribution in [3.05, 3.63) is 52.8 Å². The molecule has 19 heavy (non-hydrogen) atoms. The monoisotopic (exact) mass is 320 g/mol.